The molecule has 12 heteroatoms. The van der Waals surface area contributed by atoms with E-state index in [4.69, 9.17) is 23.2 Å². The Balaban J connectivity index is 1.33. The van der Waals surface area contributed by atoms with Crippen LogP contribution in [0.4, 0.5) is 11.4 Å². The summed E-state index contributed by atoms with van der Waals surface area (Å²) in [7, 11) is -3.46. The van der Waals surface area contributed by atoms with E-state index in [0.29, 0.717) is 48.3 Å². The molecule has 2 amide bonds. The molecule has 5 rings (SSSR count). The zero-order valence-electron chi connectivity index (χ0n) is 23.0. The van der Waals surface area contributed by atoms with Crippen LogP contribution in [0.1, 0.15) is 22.7 Å². The first-order valence-corrected chi connectivity index (χ1v) is 16.2. The summed E-state index contributed by atoms with van der Waals surface area (Å²) in [6.07, 6.45) is 2.06. The zero-order chi connectivity index (χ0) is 29.9. The molecule has 0 spiro atoms. The van der Waals surface area contributed by atoms with Crippen molar-refractivity contribution >= 4 is 56.4 Å². The SMILES string of the molecule is CS(=O)(=O)Nc1ccccc1N1CCN(C(=O)[C@@H](Cc2ccc(Cl)c(Cl)c2)NC(=O)C2N[CH]Cc3ccccc32)CC1. The lowest BCUT2D eigenvalue weighted by Crippen LogP contribution is -2.56. The van der Waals surface area contributed by atoms with Gasteiger partial charge in [0.2, 0.25) is 21.8 Å². The Kier molecular flexibility index (Phi) is 9.27. The van der Waals surface area contributed by atoms with Gasteiger partial charge >= 0.3 is 0 Å². The van der Waals surface area contributed by atoms with Gasteiger partial charge in [-0.1, -0.05) is 65.7 Å². The van der Waals surface area contributed by atoms with Crippen molar-refractivity contribution in [3.63, 3.8) is 0 Å². The number of halogens is 2. The lowest BCUT2D eigenvalue weighted by Gasteiger charge is -2.38. The molecule has 3 aromatic carbocycles. The predicted molar refractivity (Wildman–Crippen MR) is 166 cm³/mol. The van der Waals surface area contributed by atoms with Crippen LogP contribution < -0.4 is 20.3 Å². The number of hydrogen-bond donors (Lipinski definition) is 3. The lowest BCUT2D eigenvalue weighted by molar-refractivity contribution is -0.137. The molecule has 0 aliphatic carbocycles. The number of benzene rings is 3. The number of amides is 2. The highest BCUT2D eigenvalue weighted by Crippen LogP contribution is 2.29. The van der Waals surface area contributed by atoms with Crippen LogP contribution in [0.3, 0.4) is 0 Å². The molecule has 0 saturated carbocycles. The van der Waals surface area contributed by atoms with Gasteiger partial charge in [-0.2, -0.15) is 0 Å². The Morgan fingerprint density at radius 1 is 0.976 bits per heavy atom. The maximum Gasteiger partial charge on any atom is 0.245 e. The number of fused-ring (bicyclic) bond motifs is 1. The van der Waals surface area contributed by atoms with Crippen molar-refractivity contribution in [3.05, 3.63) is 100 Å². The summed E-state index contributed by atoms with van der Waals surface area (Å²) in [4.78, 5) is 31.3. The van der Waals surface area contributed by atoms with E-state index in [-0.39, 0.29) is 18.2 Å². The number of nitrogens with zero attached hydrogens (tertiary/aromatic N) is 2. The van der Waals surface area contributed by atoms with E-state index in [2.05, 4.69) is 15.4 Å². The van der Waals surface area contributed by atoms with Crippen molar-refractivity contribution in [2.75, 3.05) is 42.1 Å². The number of carbonyl (C=O) groups excluding carboxylic acids is 2. The van der Waals surface area contributed by atoms with Gasteiger partial charge in [0.15, 0.2) is 0 Å². The molecule has 1 fully saturated rings. The maximum absolute atomic E-state index is 13.9. The van der Waals surface area contributed by atoms with Gasteiger partial charge in [0.05, 0.1) is 27.7 Å². The lowest BCUT2D eigenvalue weighted by atomic mass is 9.93. The van der Waals surface area contributed by atoms with Gasteiger partial charge in [-0.3, -0.25) is 19.6 Å². The van der Waals surface area contributed by atoms with Gasteiger partial charge < -0.3 is 15.1 Å². The number of sulfonamides is 1. The molecule has 2 aliphatic heterocycles. The number of hydrogen-bond acceptors (Lipinski definition) is 6. The smallest absolute Gasteiger partial charge is 0.245 e. The predicted octanol–water partition coefficient (Wildman–Crippen LogP) is 3.79. The summed E-state index contributed by atoms with van der Waals surface area (Å²) in [6, 6.07) is 18.7. The van der Waals surface area contributed by atoms with E-state index in [1.807, 2.05) is 47.8 Å². The average Bonchev–Trinajstić information content (AvgIpc) is 2.97. The molecular weight excluding hydrogens is 597 g/mol. The first-order chi connectivity index (χ1) is 20.1. The molecular formula is C30H32Cl2N5O4S. The molecule has 9 nitrogen and oxygen atoms in total. The van der Waals surface area contributed by atoms with Gasteiger partial charge in [-0.15, -0.1) is 0 Å². The summed E-state index contributed by atoms with van der Waals surface area (Å²) in [5, 5.41) is 6.96. The number of piperazine rings is 1. The van der Waals surface area contributed by atoms with Crippen molar-refractivity contribution in [2.24, 2.45) is 0 Å². The third-order valence-corrected chi connectivity index (χ3v) is 8.73. The fourth-order valence-corrected chi connectivity index (χ4v) is 6.27. The van der Waals surface area contributed by atoms with E-state index in [1.165, 1.54) is 0 Å². The summed E-state index contributed by atoms with van der Waals surface area (Å²) in [5.41, 5.74) is 3.94. The summed E-state index contributed by atoms with van der Waals surface area (Å²) in [5.74, 6) is -0.499. The van der Waals surface area contributed by atoms with Crippen LogP contribution in [0.15, 0.2) is 66.7 Å². The van der Waals surface area contributed by atoms with Crippen molar-refractivity contribution in [3.8, 4) is 0 Å². The molecule has 0 aromatic heterocycles. The molecule has 2 heterocycles. The van der Waals surface area contributed by atoms with Gasteiger partial charge in [0.1, 0.15) is 12.1 Å². The molecule has 221 valence electrons. The van der Waals surface area contributed by atoms with Gasteiger partial charge in [-0.25, -0.2) is 8.42 Å². The largest absolute Gasteiger partial charge is 0.366 e. The van der Waals surface area contributed by atoms with Crippen molar-refractivity contribution in [2.45, 2.75) is 24.9 Å². The second kappa shape index (κ2) is 12.9. The van der Waals surface area contributed by atoms with E-state index in [0.717, 1.165) is 28.6 Å². The van der Waals surface area contributed by atoms with Crippen LogP contribution in [0.5, 0.6) is 0 Å². The fourth-order valence-electron chi connectivity index (χ4n) is 5.38. The summed E-state index contributed by atoms with van der Waals surface area (Å²) in [6.45, 7) is 3.65. The minimum absolute atomic E-state index is 0.204. The van der Waals surface area contributed by atoms with E-state index < -0.39 is 22.1 Å². The maximum atomic E-state index is 13.9. The number of para-hydroxylation sites is 2. The normalized spacial score (nSPS) is 17.7. The van der Waals surface area contributed by atoms with Crippen LogP contribution in [0.2, 0.25) is 10.0 Å². The molecule has 3 N–H and O–H groups in total. The molecule has 1 radical (unpaired) electrons. The Bertz CT molecular complexity index is 1580. The van der Waals surface area contributed by atoms with Crippen molar-refractivity contribution in [1.82, 2.24) is 15.5 Å². The Morgan fingerprint density at radius 2 is 1.69 bits per heavy atom. The number of rotatable bonds is 8. The summed E-state index contributed by atoms with van der Waals surface area (Å²) >= 11 is 12.4. The molecule has 42 heavy (non-hydrogen) atoms. The molecule has 1 unspecified atom stereocenters. The monoisotopic (exact) mass is 628 g/mol. The minimum Gasteiger partial charge on any atom is -0.366 e. The standard InChI is InChI=1S/C30H32Cl2N5O4S/c1-42(40,41)35-25-8-4-5-9-27(25)36-14-16-37(17-15-36)30(39)26(19-20-10-11-23(31)24(32)18-20)34-29(38)28-22-7-3-2-6-21(22)12-13-33-28/h2-11,13,18,26,28,33,35H,12,14-17,19H2,1H3,(H,34,38)/t26-,28?/m1/s1. The first-order valence-electron chi connectivity index (χ1n) is 13.6. The Morgan fingerprint density at radius 3 is 2.43 bits per heavy atom. The average molecular weight is 630 g/mol. The van der Waals surface area contributed by atoms with Gasteiger partial charge in [-0.05, 0) is 47.4 Å². The fraction of sp³-hybridized carbons (Fsp3) is 0.300. The van der Waals surface area contributed by atoms with Gasteiger partial charge in [0, 0.05) is 39.1 Å². The van der Waals surface area contributed by atoms with E-state index in [1.54, 1.807) is 35.2 Å². The first kappa shape index (κ1) is 30.2. The molecule has 0 bridgehead atoms. The summed E-state index contributed by atoms with van der Waals surface area (Å²) < 4.78 is 26.3. The zero-order valence-corrected chi connectivity index (χ0v) is 25.3. The Hall–Kier alpha value is -3.31. The second-order valence-corrected chi connectivity index (χ2v) is 13.0. The second-order valence-electron chi connectivity index (χ2n) is 10.4. The molecule has 2 aliphatic rings. The topological polar surface area (TPSA) is 111 Å². The molecule has 1 saturated heterocycles. The highest BCUT2D eigenvalue weighted by atomic mass is 35.5. The molecule has 2 atom stereocenters. The number of carbonyl (C=O) groups is 2. The highest BCUT2D eigenvalue weighted by Gasteiger charge is 2.33. The quantitative estimate of drug-likeness (QED) is 0.350. The van der Waals surface area contributed by atoms with Crippen LogP contribution in [-0.4, -0.2) is 63.6 Å². The van der Waals surface area contributed by atoms with Crippen LogP contribution in [0.25, 0.3) is 0 Å². The van der Waals surface area contributed by atoms with Crippen LogP contribution in [0, 0.1) is 6.54 Å². The highest BCUT2D eigenvalue weighted by molar-refractivity contribution is 7.92. The number of nitrogens with one attached hydrogen (secondary N) is 3. The van der Waals surface area contributed by atoms with E-state index in [9.17, 15) is 18.0 Å². The van der Waals surface area contributed by atoms with Crippen LogP contribution >= 0.6 is 23.2 Å². The number of anilines is 2. The van der Waals surface area contributed by atoms with Gasteiger partial charge in [0.25, 0.3) is 0 Å². The molecule has 3 aromatic rings. The minimum atomic E-state index is -3.46. The van der Waals surface area contributed by atoms with Crippen LogP contribution in [-0.2, 0) is 32.5 Å². The van der Waals surface area contributed by atoms with E-state index >= 15 is 0 Å². The van der Waals surface area contributed by atoms with Crippen molar-refractivity contribution in [1.29, 1.82) is 0 Å². The Labute approximate surface area is 256 Å². The van der Waals surface area contributed by atoms with Crippen molar-refractivity contribution < 1.29 is 18.0 Å². The third kappa shape index (κ3) is 7.18. The third-order valence-electron chi connectivity index (χ3n) is 7.40.